The molecule has 0 aliphatic rings. The standard InChI is InChI=1S/C14H21N3O/c1-11-7-16-17(9-11)10-12-5-6-18-13(12)8-15-14(2,3)4/h5-7,9,15H,8,10H2,1-4H3. The Bertz CT molecular complexity index is 505. The van der Waals surface area contributed by atoms with Crippen molar-refractivity contribution in [3.8, 4) is 0 Å². The van der Waals surface area contributed by atoms with Gasteiger partial charge < -0.3 is 9.73 Å². The summed E-state index contributed by atoms with van der Waals surface area (Å²) >= 11 is 0. The summed E-state index contributed by atoms with van der Waals surface area (Å²) < 4.78 is 7.47. The van der Waals surface area contributed by atoms with Crippen molar-refractivity contribution < 1.29 is 4.42 Å². The van der Waals surface area contributed by atoms with Crippen LogP contribution in [0.15, 0.2) is 29.1 Å². The first-order chi connectivity index (χ1) is 8.44. The summed E-state index contributed by atoms with van der Waals surface area (Å²) in [6, 6.07) is 2.01. The third-order valence-electron chi connectivity index (χ3n) is 2.71. The first-order valence-electron chi connectivity index (χ1n) is 6.23. The Morgan fingerprint density at radius 3 is 2.78 bits per heavy atom. The minimum absolute atomic E-state index is 0.0896. The van der Waals surface area contributed by atoms with Gasteiger partial charge in [-0.05, 0) is 39.3 Å². The van der Waals surface area contributed by atoms with Crippen LogP contribution in [0.5, 0.6) is 0 Å². The fraction of sp³-hybridized carbons (Fsp3) is 0.500. The van der Waals surface area contributed by atoms with E-state index in [1.807, 2.05) is 30.1 Å². The van der Waals surface area contributed by atoms with Crippen LogP contribution in [0.25, 0.3) is 0 Å². The molecule has 2 aromatic heterocycles. The number of hydrogen-bond acceptors (Lipinski definition) is 3. The molecule has 0 saturated carbocycles. The molecule has 0 amide bonds. The molecule has 2 heterocycles. The summed E-state index contributed by atoms with van der Waals surface area (Å²) in [6.45, 7) is 9.98. The predicted octanol–water partition coefficient (Wildman–Crippen LogP) is 2.72. The van der Waals surface area contributed by atoms with Crippen LogP contribution >= 0.6 is 0 Å². The van der Waals surface area contributed by atoms with Crippen LogP contribution in [0.2, 0.25) is 0 Å². The monoisotopic (exact) mass is 247 g/mol. The van der Waals surface area contributed by atoms with Crippen molar-refractivity contribution in [2.45, 2.75) is 46.3 Å². The van der Waals surface area contributed by atoms with Gasteiger partial charge in [0.15, 0.2) is 0 Å². The summed E-state index contributed by atoms with van der Waals surface area (Å²) in [5.74, 6) is 0.984. The summed E-state index contributed by atoms with van der Waals surface area (Å²) in [7, 11) is 0. The molecular formula is C14H21N3O. The normalized spacial score (nSPS) is 12.0. The number of nitrogens with zero attached hydrogens (tertiary/aromatic N) is 2. The Hall–Kier alpha value is -1.55. The molecule has 2 aromatic rings. The van der Waals surface area contributed by atoms with Crippen molar-refractivity contribution in [2.24, 2.45) is 0 Å². The lowest BCUT2D eigenvalue weighted by Crippen LogP contribution is -2.35. The molecule has 2 rings (SSSR count). The highest BCUT2D eigenvalue weighted by Gasteiger charge is 2.12. The fourth-order valence-electron chi connectivity index (χ4n) is 1.74. The molecule has 0 bridgehead atoms. The van der Waals surface area contributed by atoms with Crippen LogP contribution in [-0.2, 0) is 13.1 Å². The molecule has 0 saturated heterocycles. The van der Waals surface area contributed by atoms with Crippen LogP contribution < -0.4 is 5.32 Å². The third kappa shape index (κ3) is 3.47. The Balaban J connectivity index is 2.03. The molecule has 0 aliphatic carbocycles. The smallest absolute Gasteiger partial charge is 0.122 e. The van der Waals surface area contributed by atoms with Crippen LogP contribution in [-0.4, -0.2) is 15.3 Å². The van der Waals surface area contributed by atoms with Crippen LogP contribution in [0.1, 0.15) is 37.7 Å². The lowest BCUT2D eigenvalue weighted by atomic mass is 10.1. The predicted molar refractivity (Wildman–Crippen MR) is 71.4 cm³/mol. The summed E-state index contributed by atoms with van der Waals surface area (Å²) in [5.41, 5.74) is 2.44. The van der Waals surface area contributed by atoms with Crippen molar-refractivity contribution in [1.29, 1.82) is 0 Å². The van der Waals surface area contributed by atoms with Crippen molar-refractivity contribution in [3.05, 3.63) is 41.6 Å². The van der Waals surface area contributed by atoms with Gasteiger partial charge in [0.25, 0.3) is 0 Å². The quantitative estimate of drug-likeness (QED) is 0.903. The zero-order valence-corrected chi connectivity index (χ0v) is 11.5. The van der Waals surface area contributed by atoms with Gasteiger partial charge in [-0.3, -0.25) is 4.68 Å². The maximum Gasteiger partial charge on any atom is 0.122 e. The minimum Gasteiger partial charge on any atom is -0.468 e. The van der Waals surface area contributed by atoms with Crippen LogP contribution in [0.3, 0.4) is 0 Å². The number of rotatable bonds is 4. The maximum absolute atomic E-state index is 5.54. The van der Waals surface area contributed by atoms with Gasteiger partial charge in [-0.25, -0.2) is 0 Å². The first kappa shape index (κ1) is 12.9. The summed E-state index contributed by atoms with van der Waals surface area (Å²) in [5, 5.41) is 7.73. The van der Waals surface area contributed by atoms with Gasteiger partial charge in [0.05, 0.1) is 25.5 Å². The number of aryl methyl sites for hydroxylation is 1. The van der Waals surface area contributed by atoms with Gasteiger partial charge in [0.1, 0.15) is 5.76 Å². The number of nitrogens with one attached hydrogen (secondary N) is 1. The molecular weight excluding hydrogens is 226 g/mol. The van der Waals surface area contributed by atoms with Gasteiger partial charge in [-0.1, -0.05) is 0 Å². The molecule has 0 radical (unpaired) electrons. The van der Waals surface area contributed by atoms with Gasteiger partial charge in [-0.15, -0.1) is 0 Å². The van der Waals surface area contributed by atoms with Gasteiger partial charge >= 0.3 is 0 Å². The van der Waals surface area contributed by atoms with E-state index in [0.717, 1.165) is 18.8 Å². The summed E-state index contributed by atoms with van der Waals surface area (Å²) in [6.07, 6.45) is 5.65. The molecule has 4 heteroatoms. The Kier molecular flexibility index (Phi) is 3.57. The average molecular weight is 247 g/mol. The zero-order valence-electron chi connectivity index (χ0n) is 11.5. The van der Waals surface area contributed by atoms with Crippen LogP contribution in [0, 0.1) is 6.92 Å². The largest absolute Gasteiger partial charge is 0.468 e. The lowest BCUT2D eigenvalue weighted by molar-refractivity contribution is 0.385. The second kappa shape index (κ2) is 4.98. The average Bonchev–Trinajstić information content (AvgIpc) is 2.85. The van der Waals surface area contributed by atoms with Crippen molar-refractivity contribution >= 4 is 0 Å². The fourth-order valence-corrected chi connectivity index (χ4v) is 1.74. The zero-order chi connectivity index (χ0) is 13.2. The maximum atomic E-state index is 5.54. The van der Waals surface area contributed by atoms with E-state index in [4.69, 9.17) is 4.42 Å². The Morgan fingerprint density at radius 2 is 2.17 bits per heavy atom. The molecule has 98 valence electrons. The molecule has 0 unspecified atom stereocenters. The molecule has 0 atom stereocenters. The Morgan fingerprint density at radius 1 is 1.39 bits per heavy atom. The van der Waals surface area contributed by atoms with E-state index in [0.29, 0.717) is 0 Å². The van der Waals surface area contributed by atoms with E-state index in [1.54, 1.807) is 6.26 Å². The molecule has 1 N–H and O–H groups in total. The second-order valence-corrected chi connectivity index (χ2v) is 5.69. The van der Waals surface area contributed by atoms with Crippen molar-refractivity contribution in [1.82, 2.24) is 15.1 Å². The number of aromatic nitrogens is 2. The van der Waals surface area contributed by atoms with E-state index in [1.165, 1.54) is 11.1 Å². The summed E-state index contributed by atoms with van der Waals surface area (Å²) in [4.78, 5) is 0. The van der Waals surface area contributed by atoms with E-state index < -0.39 is 0 Å². The van der Waals surface area contributed by atoms with E-state index >= 15 is 0 Å². The van der Waals surface area contributed by atoms with E-state index in [2.05, 4.69) is 31.2 Å². The van der Waals surface area contributed by atoms with E-state index in [-0.39, 0.29) is 5.54 Å². The highest BCUT2D eigenvalue weighted by molar-refractivity contribution is 5.18. The highest BCUT2D eigenvalue weighted by atomic mass is 16.3. The number of furan rings is 1. The highest BCUT2D eigenvalue weighted by Crippen LogP contribution is 2.13. The second-order valence-electron chi connectivity index (χ2n) is 5.69. The molecule has 4 nitrogen and oxygen atoms in total. The molecule has 0 spiro atoms. The minimum atomic E-state index is 0.0896. The van der Waals surface area contributed by atoms with Gasteiger partial charge in [0.2, 0.25) is 0 Å². The lowest BCUT2D eigenvalue weighted by Gasteiger charge is -2.20. The molecule has 0 aliphatic heterocycles. The van der Waals surface area contributed by atoms with Gasteiger partial charge in [0, 0.05) is 17.3 Å². The van der Waals surface area contributed by atoms with Crippen molar-refractivity contribution in [3.63, 3.8) is 0 Å². The Labute approximate surface area is 108 Å². The topological polar surface area (TPSA) is 43.0 Å². The molecule has 18 heavy (non-hydrogen) atoms. The molecule has 0 fully saturated rings. The third-order valence-corrected chi connectivity index (χ3v) is 2.71. The molecule has 0 aromatic carbocycles. The number of hydrogen-bond donors (Lipinski definition) is 1. The SMILES string of the molecule is Cc1cnn(Cc2ccoc2CNC(C)(C)C)c1. The van der Waals surface area contributed by atoms with Crippen molar-refractivity contribution in [2.75, 3.05) is 0 Å². The van der Waals surface area contributed by atoms with Crippen LogP contribution in [0.4, 0.5) is 0 Å². The van der Waals surface area contributed by atoms with E-state index in [9.17, 15) is 0 Å². The van der Waals surface area contributed by atoms with Gasteiger partial charge in [-0.2, -0.15) is 5.10 Å². The first-order valence-corrected chi connectivity index (χ1v) is 6.23.